The van der Waals surface area contributed by atoms with Gasteiger partial charge in [-0.25, -0.2) is 0 Å². The van der Waals surface area contributed by atoms with E-state index in [-0.39, 0.29) is 0 Å². The normalized spacial score (nSPS) is 9.25. The minimum Gasteiger partial charge on any atom is -0.342 e. The van der Waals surface area contributed by atoms with Crippen LogP contribution in [0.15, 0.2) is 48.8 Å². The van der Waals surface area contributed by atoms with Crippen molar-refractivity contribution in [2.45, 2.75) is 6.54 Å². The van der Waals surface area contributed by atoms with Crippen molar-refractivity contribution in [1.29, 1.82) is 0 Å². The van der Waals surface area contributed by atoms with Crippen LogP contribution in [0.25, 0.3) is 0 Å². The number of hydrogen-bond acceptors (Lipinski definition) is 1. The molecule has 1 heterocycles. The Morgan fingerprint density at radius 1 is 1.19 bits per heavy atom. The van der Waals surface area contributed by atoms with Gasteiger partial charge in [0.25, 0.3) is 0 Å². The summed E-state index contributed by atoms with van der Waals surface area (Å²) < 4.78 is 1.89. The van der Waals surface area contributed by atoms with Crippen LogP contribution in [0, 0.1) is 11.8 Å². The Morgan fingerprint density at radius 2 is 2.00 bits per heavy atom. The zero-order valence-electron chi connectivity index (χ0n) is 8.76. The van der Waals surface area contributed by atoms with E-state index in [2.05, 4.69) is 11.8 Å². The Labute approximate surface area is 94.5 Å². The molecule has 1 aromatic heterocycles. The van der Waals surface area contributed by atoms with Gasteiger partial charge >= 0.3 is 0 Å². The lowest BCUT2D eigenvalue weighted by atomic mass is 10.2. The predicted octanol–water partition coefficient (Wildman–Crippen LogP) is 2.35. The van der Waals surface area contributed by atoms with Crippen molar-refractivity contribution in [2.24, 2.45) is 0 Å². The van der Waals surface area contributed by atoms with Crippen molar-refractivity contribution in [3.05, 3.63) is 59.9 Å². The fourth-order valence-corrected chi connectivity index (χ4v) is 1.38. The Bertz CT molecular complexity index is 529. The van der Waals surface area contributed by atoms with Gasteiger partial charge < -0.3 is 4.57 Å². The molecule has 0 unspecified atom stereocenters. The third kappa shape index (κ3) is 2.61. The second-order valence-electron chi connectivity index (χ2n) is 3.40. The van der Waals surface area contributed by atoms with E-state index < -0.39 is 0 Å². The van der Waals surface area contributed by atoms with E-state index in [4.69, 9.17) is 0 Å². The largest absolute Gasteiger partial charge is 0.342 e. The molecule has 0 saturated heterocycles. The van der Waals surface area contributed by atoms with Crippen molar-refractivity contribution in [3.8, 4) is 11.8 Å². The van der Waals surface area contributed by atoms with E-state index in [9.17, 15) is 4.79 Å². The molecule has 78 valence electrons. The van der Waals surface area contributed by atoms with Gasteiger partial charge in [0.15, 0.2) is 6.29 Å². The van der Waals surface area contributed by atoms with Crippen molar-refractivity contribution in [3.63, 3.8) is 0 Å². The molecule has 1 aromatic carbocycles. The first kappa shape index (κ1) is 10.3. The van der Waals surface area contributed by atoms with Gasteiger partial charge in [-0.15, -0.1) is 0 Å². The number of aromatic nitrogens is 1. The monoisotopic (exact) mass is 209 g/mol. The first-order valence-electron chi connectivity index (χ1n) is 5.03. The maximum Gasteiger partial charge on any atom is 0.151 e. The summed E-state index contributed by atoms with van der Waals surface area (Å²) in [4.78, 5) is 10.5. The first-order valence-corrected chi connectivity index (χ1v) is 5.03. The molecule has 0 radical (unpaired) electrons. The second kappa shape index (κ2) is 4.99. The quantitative estimate of drug-likeness (QED) is 0.549. The first-order chi connectivity index (χ1) is 7.88. The fraction of sp³-hybridized carbons (Fsp3) is 0.0714. The molecule has 2 nitrogen and oxygen atoms in total. The lowest BCUT2D eigenvalue weighted by Gasteiger charge is -1.92. The molecule has 0 spiro atoms. The molecule has 2 aromatic rings. The molecule has 0 saturated carbocycles. The van der Waals surface area contributed by atoms with Crippen LogP contribution >= 0.6 is 0 Å². The van der Waals surface area contributed by atoms with Gasteiger partial charge in [0.2, 0.25) is 0 Å². The summed E-state index contributed by atoms with van der Waals surface area (Å²) in [6, 6.07) is 11.6. The summed E-state index contributed by atoms with van der Waals surface area (Å²) in [7, 11) is 0. The number of carbonyl (C=O) groups is 1. The maximum atomic E-state index is 10.5. The van der Waals surface area contributed by atoms with Crippen molar-refractivity contribution in [2.75, 3.05) is 0 Å². The average Bonchev–Trinajstić information content (AvgIpc) is 2.78. The summed E-state index contributed by atoms with van der Waals surface area (Å²) in [5.41, 5.74) is 1.69. The summed E-state index contributed by atoms with van der Waals surface area (Å²) in [5, 5.41) is 0. The van der Waals surface area contributed by atoms with Crippen LogP contribution < -0.4 is 0 Å². The van der Waals surface area contributed by atoms with Gasteiger partial charge in [0.1, 0.15) is 0 Å². The zero-order chi connectivity index (χ0) is 11.2. The van der Waals surface area contributed by atoms with Gasteiger partial charge in [0, 0.05) is 23.5 Å². The number of aldehydes is 1. The second-order valence-corrected chi connectivity index (χ2v) is 3.40. The molecule has 16 heavy (non-hydrogen) atoms. The van der Waals surface area contributed by atoms with E-state index in [0.717, 1.165) is 11.8 Å². The maximum absolute atomic E-state index is 10.5. The molecule has 0 aliphatic carbocycles. The number of benzene rings is 1. The smallest absolute Gasteiger partial charge is 0.151 e. The van der Waals surface area contributed by atoms with E-state index in [1.54, 1.807) is 12.3 Å². The van der Waals surface area contributed by atoms with Crippen LogP contribution in [0.4, 0.5) is 0 Å². The van der Waals surface area contributed by atoms with Gasteiger partial charge in [-0.05, 0) is 18.2 Å². The standard InChI is InChI=1S/C14H11NO/c16-12-14-8-10-15(11-14)9-4-7-13-5-2-1-3-6-13/h1-3,5-6,8,10-12H,9H2. The molecule has 2 rings (SSSR count). The highest BCUT2D eigenvalue weighted by molar-refractivity contribution is 5.74. The highest BCUT2D eigenvalue weighted by atomic mass is 16.1. The molecular formula is C14H11NO. The zero-order valence-corrected chi connectivity index (χ0v) is 8.76. The third-order valence-corrected chi connectivity index (χ3v) is 2.18. The molecule has 0 aliphatic heterocycles. The number of rotatable bonds is 2. The molecule has 0 N–H and O–H groups in total. The number of hydrogen-bond donors (Lipinski definition) is 0. The Balaban J connectivity index is 2.02. The van der Waals surface area contributed by atoms with E-state index in [1.807, 2.05) is 41.1 Å². The van der Waals surface area contributed by atoms with Crippen molar-refractivity contribution >= 4 is 6.29 Å². The van der Waals surface area contributed by atoms with Gasteiger partial charge in [-0.1, -0.05) is 30.0 Å². The molecule has 2 heteroatoms. The summed E-state index contributed by atoms with van der Waals surface area (Å²) in [6.45, 7) is 0.600. The minimum absolute atomic E-state index is 0.600. The van der Waals surface area contributed by atoms with Gasteiger partial charge in [-0.2, -0.15) is 0 Å². The summed E-state index contributed by atoms with van der Waals surface area (Å²) in [6.07, 6.45) is 4.47. The Hall–Kier alpha value is -2.27. The third-order valence-electron chi connectivity index (χ3n) is 2.18. The van der Waals surface area contributed by atoms with Crippen LogP contribution in [0.1, 0.15) is 15.9 Å². The molecule has 0 atom stereocenters. The minimum atomic E-state index is 0.600. The molecule has 0 bridgehead atoms. The average molecular weight is 209 g/mol. The van der Waals surface area contributed by atoms with Crippen LogP contribution in [0.5, 0.6) is 0 Å². The Morgan fingerprint density at radius 3 is 2.69 bits per heavy atom. The molecular weight excluding hydrogens is 198 g/mol. The van der Waals surface area contributed by atoms with Crippen LogP contribution in [-0.4, -0.2) is 10.9 Å². The highest BCUT2D eigenvalue weighted by Gasteiger charge is 1.91. The highest BCUT2D eigenvalue weighted by Crippen LogP contribution is 1.98. The van der Waals surface area contributed by atoms with E-state index >= 15 is 0 Å². The van der Waals surface area contributed by atoms with Gasteiger partial charge in [-0.3, -0.25) is 4.79 Å². The molecule has 0 amide bonds. The van der Waals surface area contributed by atoms with Gasteiger partial charge in [0.05, 0.1) is 6.54 Å². The molecule has 0 aliphatic rings. The van der Waals surface area contributed by atoms with Crippen molar-refractivity contribution < 1.29 is 4.79 Å². The number of carbonyl (C=O) groups excluding carboxylic acids is 1. The number of nitrogens with zero attached hydrogens (tertiary/aromatic N) is 1. The predicted molar refractivity (Wildman–Crippen MR) is 63.1 cm³/mol. The van der Waals surface area contributed by atoms with E-state index in [1.165, 1.54) is 0 Å². The van der Waals surface area contributed by atoms with Crippen LogP contribution in [-0.2, 0) is 6.54 Å². The SMILES string of the molecule is O=Cc1ccn(CC#Cc2ccccc2)c1. The van der Waals surface area contributed by atoms with Crippen LogP contribution in [0.3, 0.4) is 0 Å². The summed E-state index contributed by atoms with van der Waals surface area (Å²) in [5.74, 6) is 6.11. The topological polar surface area (TPSA) is 22.0 Å². The van der Waals surface area contributed by atoms with Crippen LogP contribution in [0.2, 0.25) is 0 Å². The lowest BCUT2D eigenvalue weighted by Crippen LogP contribution is -1.90. The fourth-order valence-electron chi connectivity index (χ4n) is 1.38. The summed E-state index contributed by atoms with van der Waals surface area (Å²) >= 11 is 0. The molecule has 0 fully saturated rings. The lowest BCUT2D eigenvalue weighted by molar-refractivity contribution is 0.112. The Kier molecular flexibility index (Phi) is 3.20. The van der Waals surface area contributed by atoms with E-state index in [0.29, 0.717) is 12.1 Å². The van der Waals surface area contributed by atoms with Crippen molar-refractivity contribution in [1.82, 2.24) is 4.57 Å².